The van der Waals surface area contributed by atoms with Gasteiger partial charge >= 0.3 is 0 Å². The third-order valence-corrected chi connectivity index (χ3v) is 5.27. The van der Waals surface area contributed by atoms with Crippen molar-refractivity contribution in [1.29, 1.82) is 0 Å². The zero-order valence-electron chi connectivity index (χ0n) is 14.2. The van der Waals surface area contributed by atoms with E-state index in [1.807, 2.05) is 23.6 Å². The highest BCUT2D eigenvalue weighted by Gasteiger charge is 2.19. The second-order valence-corrected chi connectivity index (χ2v) is 7.17. The first kappa shape index (κ1) is 16.9. The number of fused-ring (bicyclic) bond motifs is 1. The molecule has 1 atom stereocenters. The summed E-state index contributed by atoms with van der Waals surface area (Å²) in [4.78, 5) is 25.8. The average Bonchev–Trinajstić information content (AvgIpc) is 3.36. The van der Waals surface area contributed by atoms with Crippen LogP contribution < -0.4 is 16.0 Å². The predicted molar refractivity (Wildman–Crippen MR) is 102 cm³/mol. The van der Waals surface area contributed by atoms with Crippen molar-refractivity contribution in [3.8, 4) is 0 Å². The molecule has 0 bridgehead atoms. The molecule has 1 amide bonds. The van der Waals surface area contributed by atoms with E-state index < -0.39 is 0 Å². The van der Waals surface area contributed by atoms with Crippen LogP contribution in [-0.2, 0) is 6.54 Å². The maximum atomic E-state index is 12.7. The summed E-state index contributed by atoms with van der Waals surface area (Å²) in [5, 5.41) is 11.5. The van der Waals surface area contributed by atoms with Gasteiger partial charge in [0.15, 0.2) is 5.69 Å². The number of nitrogens with zero attached hydrogens (tertiary/aromatic N) is 3. The number of pyridine rings is 1. The number of carbonyl (C=O) groups is 1. The minimum atomic E-state index is -0.155. The standard InChI is InChI=1S/C18H20N6OS/c25-17(21-11-13-4-2-7-20-13)15-16-14(5-8-26-16)23-18(24-15)22-10-12-3-1-6-19-9-12/h1,3,5-6,8-9,13,20H,2,4,7,10-11H2,(H,21,25)(H,22,23,24)/t13-/m1/s1. The first-order valence-electron chi connectivity index (χ1n) is 8.69. The van der Waals surface area contributed by atoms with Gasteiger partial charge in [0.05, 0.1) is 10.2 Å². The Morgan fingerprint density at radius 3 is 3.12 bits per heavy atom. The van der Waals surface area contributed by atoms with Crippen LogP contribution >= 0.6 is 11.3 Å². The van der Waals surface area contributed by atoms with Crippen molar-refractivity contribution in [2.45, 2.75) is 25.4 Å². The van der Waals surface area contributed by atoms with Crippen molar-refractivity contribution < 1.29 is 4.79 Å². The van der Waals surface area contributed by atoms with E-state index in [-0.39, 0.29) is 5.91 Å². The van der Waals surface area contributed by atoms with Crippen LogP contribution in [0.1, 0.15) is 28.9 Å². The van der Waals surface area contributed by atoms with Crippen LogP contribution in [0.2, 0.25) is 0 Å². The minimum Gasteiger partial charge on any atom is -0.350 e. The molecule has 8 heteroatoms. The highest BCUT2D eigenvalue weighted by molar-refractivity contribution is 7.17. The van der Waals surface area contributed by atoms with Gasteiger partial charge in [0, 0.05) is 31.5 Å². The largest absolute Gasteiger partial charge is 0.350 e. The molecule has 0 aliphatic carbocycles. The molecule has 3 aromatic rings. The van der Waals surface area contributed by atoms with Crippen LogP contribution in [0.25, 0.3) is 10.2 Å². The van der Waals surface area contributed by atoms with Gasteiger partial charge < -0.3 is 16.0 Å². The number of carbonyl (C=O) groups excluding carboxylic acids is 1. The summed E-state index contributed by atoms with van der Waals surface area (Å²) >= 11 is 1.48. The van der Waals surface area contributed by atoms with Crippen molar-refractivity contribution in [2.24, 2.45) is 0 Å². The van der Waals surface area contributed by atoms with E-state index in [0.29, 0.717) is 30.8 Å². The van der Waals surface area contributed by atoms with Crippen LogP contribution in [0.15, 0.2) is 36.0 Å². The molecule has 0 saturated carbocycles. The zero-order chi connectivity index (χ0) is 17.8. The number of thiophene rings is 1. The summed E-state index contributed by atoms with van der Waals surface area (Å²) in [6, 6.07) is 6.12. The first-order chi connectivity index (χ1) is 12.8. The average molecular weight is 368 g/mol. The van der Waals surface area contributed by atoms with Crippen molar-refractivity contribution >= 4 is 33.4 Å². The molecule has 1 saturated heterocycles. The first-order valence-corrected chi connectivity index (χ1v) is 9.57. The molecular formula is C18H20N6OS. The molecule has 4 heterocycles. The molecule has 1 aliphatic heterocycles. The van der Waals surface area contributed by atoms with Crippen molar-refractivity contribution in [2.75, 3.05) is 18.4 Å². The fourth-order valence-corrected chi connectivity index (χ4v) is 3.83. The molecule has 26 heavy (non-hydrogen) atoms. The molecule has 0 aromatic carbocycles. The van der Waals surface area contributed by atoms with Crippen molar-refractivity contribution in [3.05, 3.63) is 47.2 Å². The fourth-order valence-electron chi connectivity index (χ4n) is 3.01. The Bertz CT molecular complexity index is 891. The number of anilines is 1. The van der Waals surface area contributed by atoms with Crippen molar-refractivity contribution in [1.82, 2.24) is 25.6 Å². The van der Waals surface area contributed by atoms with Gasteiger partial charge in [0.1, 0.15) is 0 Å². The zero-order valence-corrected chi connectivity index (χ0v) is 15.1. The molecule has 134 valence electrons. The SMILES string of the molecule is O=C(NC[C@H]1CCCN1)c1nc(NCc2cccnc2)nc2ccsc12. The lowest BCUT2D eigenvalue weighted by Crippen LogP contribution is -2.37. The lowest BCUT2D eigenvalue weighted by atomic mass is 10.2. The van der Waals surface area contributed by atoms with Gasteiger partial charge in [0.2, 0.25) is 5.95 Å². The second-order valence-electron chi connectivity index (χ2n) is 6.25. The Kier molecular flexibility index (Phi) is 5.03. The van der Waals surface area contributed by atoms with Crippen LogP contribution in [0.5, 0.6) is 0 Å². The van der Waals surface area contributed by atoms with Gasteiger partial charge in [-0.05, 0) is 42.5 Å². The number of rotatable bonds is 6. The summed E-state index contributed by atoms with van der Waals surface area (Å²) in [5.74, 6) is 0.293. The Balaban J connectivity index is 1.51. The number of aromatic nitrogens is 3. The van der Waals surface area contributed by atoms with Gasteiger partial charge in [-0.2, -0.15) is 0 Å². The Morgan fingerprint density at radius 1 is 1.35 bits per heavy atom. The minimum absolute atomic E-state index is 0.155. The van der Waals surface area contributed by atoms with E-state index in [0.717, 1.165) is 35.2 Å². The molecule has 0 radical (unpaired) electrons. The molecule has 7 nitrogen and oxygen atoms in total. The summed E-state index contributed by atoms with van der Waals surface area (Å²) < 4.78 is 0.814. The number of hydrogen-bond acceptors (Lipinski definition) is 7. The third-order valence-electron chi connectivity index (χ3n) is 4.36. The highest BCUT2D eigenvalue weighted by atomic mass is 32.1. The van der Waals surface area contributed by atoms with E-state index >= 15 is 0 Å². The Hall–Kier alpha value is -2.58. The smallest absolute Gasteiger partial charge is 0.271 e. The summed E-state index contributed by atoms with van der Waals surface area (Å²) in [7, 11) is 0. The van der Waals surface area contributed by atoms with Gasteiger partial charge in [0.25, 0.3) is 5.91 Å². The molecule has 0 unspecified atom stereocenters. The van der Waals surface area contributed by atoms with Gasteiger partial charge in [-0.3, -0.25) is 9.78 Å². The number of hydrogen-bond donors (Lipinski definition) is 3. The molecular weight excluding hydrogens is 348 g/mol. The number of amides is 1. The van der Waals surface area contributed by atoms with Crippen LogP contribution in [0.4, 0.5) is 5.95 Å². The van der Waals surface area contributed by atoms with E-state index in [1.165, 1.54) is 11.3 Å². The molecule has 3 N–H and O–H groups in total. The third kappa shape index (κ3) is 3.81. The maximum absolute atomic E-state index is 12.7. The molecule has 0 spiro atoms. The predicted octanol–water partition coefficient (Wildman–Crippen LogP) is 2.18. The topological polar surface area (TPSA) is 91.8 Å². The summed E-state index contributed by atoms with van der Waals surface area (Å²) in [5.41, 5.74) is 2.24. The number of nitrogens with one attached hydrogen (secondary N) is 3. The van der Waals surface area contributed by atoms with Gasteiger partial charge in [-0.15, -0.1) is 11.3 Å². The lowest BCUT2D eigenvalue weighted by Gasteiger charge is -2.12. The molecule has 3 aromatic heterocycles. The van der Waals surface area contributed by atoms with Crippen LogP contribution in [0.3, 0.4) is 0 Å². The van der Waals surface area contributed by atoms with E-state index in [2.05, 4.69) is 30.9 Å². The van der Waals surface area contributed by atoms with Gasteiger partial charge in [-0.25, -0.2) is 9.97 Å². The quantitative estimate of drug-likeness (QED) is 0.618. The van der Waals surface area contributed by atoms with E-state index in [9.17, 15) is 4.79 Å². The lowest BCUT2D eigenvalue weighted by molar-refractivity contribution is 0.0947. The monoisotopic (exact) mass is 368 g/mol. The molecule has 1 aliphatic rings. The van der Waals surface area contributed by atoms with E-state index in [1.54, 1.807) is 12.4 Å². The van der Waals surface area contributed by atoms with Gasteiger partial charge in [-0.1, -0.05) is 6.07 Å². The highest BCUT2D eigenvalue weighted by Crippen LogP contribution is 2.23. The van der Waals surface area contributed by atoms with Crippen LogP contribution in [0, 0.1) is 0 Å². The summed E-state index contributed by atoms with van der Waals surface area (Å²) in [6.07, 6.45) is 5.78. The van der Waals surface area contributed by atoms with E-state index in [4.69, 9.17) is 0 Å². The Morgan fingerprint density at radius 2 is 2.31 bits per heavy atom. The maximum Gasteiger partial charge on any atom is 0.271 e. The normalized spacial score (nSPS) is 16.7. The van der Waals surface area contributed by atoms with Crippen LogP contribution in [-0.4, -0.2) is 40.0 Å². The molecule has 1 fully saturated rings. The fraction of sp³-hybridized carbons (Fsp3) is 0.333. The summed E-state index contributed by atoms with van der Waals surface area (Å²) in [6.45, 7) is 2.19. The Labute approximate surface area is 155 Å². The second kappa shape index (κ2) is 7.76. The molecule has 4 rings (SSSR count). The van der Waals surface area contributed by atoms with Crippen molar-refractivity contribution in [3.63, 3.8) is 0 Å².